The zero-order valence-corrected chi connectivity index (χ0v) is 16.7. The maximum absolute atomic E-state index is 14.1. The van der Waals surface area contributed by atoms with Gasteiger partial charge in [-0.05, 0) is 30.7 Å². The summed E-state index contributed by atoms with van der Waals surface area (Å²) in [5.41, 5.74) is 2.47. The summed E-state index contributed by atoms with van der Waals surface area (Å²) >= 11 is 7.57. The first-order chi connectivity index (χ1) is 13.6. The molecule has 2 aromatic carbocycles. The molecule has 4 nitrogen and oxygen atoms in total. The number of thioether (sulfide) groups is 1. The lowest BCUT2D eigenvalue weighted by molar-refractivity contribution is 0.534. The number of aryl methyl sites for hydroxylation is 1. The molecule has 4 rings (SSSR count). The second kappa shape index (κ2) is 8.20. The molecule has 4 aromatic rings. The lowest BCUT2D eigenvalue weighted by atomic mass is 10.2. The Hall–Kier alpha value is -2.57. The molecular weight excluding hydrogens is 397 g/mol. The van der Waals surface area contributed by atoms with Crippen molar-refractivity contribution >= 4 is 23.4 Å². The highest BCUT2D eigenvalue weighted by Gasteiger charge is 2.19. The van der Waals surface area contributed by atoms with Crippen LogP contribution in [0.1, 0.15) is 16.9 Å². The van der Waals surface area contributed by atoms with Gasteiger partial charge in [0.2, 0.25) is 0 Å². The van der Waals surface area contributed by atoms with Gasteiger partial charge in [0.15, 0.2) is 11.0 Å². The summed E-state index contributed by atoms with van der Waals surface area (Å²) in [4.78, 5) is 0. The number of halogens is 2. The van der Waals surface area contributed by atoms with Crippen molar-refractivity contribution in [2.45, 2.75) is 24.4 Å². The van der Waals surface area contributed by atoms with Gasteiger partial charge in [-0.15, -0.1) is 10.2 Å². The van der Waals surface area contributed by atoms with Crippen molar-refractivity contribution in [2.24, 2.45) is 0 Å². The third-order valence-corrected chi connectivity index (χ3v) is 5.75. The molecule has 2 heterocycles. The molecule has 0 spiro atoms. The molecule has 0 radical (unpaired) electrons. The van der Waals surface area contributed by atoms with Crippen LogP contribution in [-0.2, 0) is 12.3 Å². The Morgan fingerprint density at radius 1 is 1.07 bits per heavy atom. The number of benzene rings is 2. The van der Waals surface area contributed by atoms with Gasteiger partial charge >= 0.3 is 0 Å². The Kier molecular flexibility index (Phi) is 5.50. The van der Waals surface area contributed by atoms with Gasteiger partial charge in [-0.1, -0.05) is 59.8 Å². The van der Waals surface area contributed by atoms with Crippen LogP contribution < -0.4 is 0 Å². The molecule has 7 heteroatoms. The van der Waals surface area contributed by atoms with E-state index in [4.69, 9.17) is 16.0 Å². The van der Waals surface area contributed by atoms with E-state index in [2.05, 4.69) is 10.2 Å². The topological polar surface area (TPSA) is 43.9 Å². The van der Waals surface area contributed by atoms with Gasteiger partial charge in [0.25, 0.3) is 0 Å². The second-order valence-electron chi connectivity index (χ2n) is 6.26. The normalized spacial score (nSPS) is 11.1. The van der Waals surface area contributed by atoms with E-state index in [0.29, 0.717) is 28.0 Å². The third kappa shape index (κ3) is 3.84. The van der Waals surface area contributed by atoms with E-state index in [1.54, 1.807) is 18.4 Å². The predicted octanol–water partition coefficient (Wildman–Crippen LogP) is 5.98. The van der Waals surface area contributed by atoms with Crippen molar-refractivity contribution in [3.8, 4) is 11.4 Å². The van der Waals surface area contributed by atoms with Crippen LogP contribution >= 0.6 is 23.4 Å². The Balaban J connectivity index is 1.69. The molecule has 0 saturated carbocycles. The lowest BCUT2D eigenvalue weighted by Crippen LogP contribution is -2.04. The molecule has 0 bridgehead atoms. The van der Waals surface area contributed by atoms with E-state index in [1.807, 2.05) is 47.9 Å². The first kappa shape index (κ1) is 18.8. The minimum absolute atomic E-state index is 0.319. The molecule has 2 aromatic heterocycles. The number of aromatic nitrogens is 3. The average Bonchev–Trinajstić information content (AvgIpc) is 3.28. The van der Waals surface area contributed by atoms with Crippen LogP contribution in [0.25, 0.3) is 11.4 Å². The van der Waals surface area contributed by atoms with Crippen molar-refractivity contribution in [3.63, 3.8) is 0 Å². The van der Waals surface area contributed by atoms with E-state index in [0.717, 1.165) is 22.7 Å². The lowest BCUT2D eigenvalue weighted by Gasteiger charge is -2.11. The molecule has 0 aliphatic heterocycles. The standard InChI is InChI=1S/C21H17ClFN3OS/c1-14-16(10-11-27-14)20-24-25-21(26(20)12-15-6-3-2-4-7-15)28-13-17-18(22)8-5-9-19(17)23/h2-11H,12-13H2,1H3. The van der Waals surface area contributed by atoms with Gasteiger partial charge in [-0.25, -0.2) is 4.39 Å². The Bertz CT molecular complexity index is 1070. The number of hydrogen-bond acceptors (Lipinski definition) is 4. The van der Waals surface area contributed by atoms with E-state index >= 15 is 0 Å². The van der Waals surface area contributed by atoms with Crippen LogP contribution in [0.3, 0.4) is 0 Å². The fourth-order valence-electron chi connectivity index (χ4n) is 2.93. The van der Waals surface area contributed by atoms with Crippen LogP contribution in [0.2, 0.25) is 5.02 Å². The number of nitrogens with zero attached hydrogens (tertiary/aromatic N) is 3. The second-order valence-corrected chi connectivity index (χ2v) is 7.61. The zero-order chi connectivity index (χ0) is 19.5. The molecule has 0 N–H and O–H groups in total. The van der Waals surface area contributed by atoms with Gasteiger partial charge < -0.3 is 4.42 Å². The quantitative estimate of drug-likeness (QED) is 0.365. The summed E-state index contributed by atoms with van der Waals surface area (Å²) in [6.07, 6.45) is 1.64. The zero-order valence-electron chi connectivity index (χ0n) is 15.1. The minimum Gasteiger partial charge on any atom is -0.469 e. The number of hydrogen-bond donors (Lipinski definition) is 0. The molecule has 0 aliphatic carbocycles. The highest BCUT2D eigenvalue weighted by molar-refractivity contribution is 7.98. The van der Waals surface area contributed by atoms with E-state index in [1.165, 1.54) is 17.8 Å². The van der Waals surface area contributed by atoms with E-state index in [-0.39, 0.29) is 5.82 Å². The van der Waals surface area contributed by atoms with Gasteiger partial charge in [-0.2, -0.15) is 0 Å². The van der Waals surface area contributed by atoms with Crippen molar-refractivity contribution in [1.82, 2.24) is 14.8 Å². The number of rotatable bonds is 6. The predicted molar refractivity (Wildman–Crippen MR) is 109 cm³/mol. The fraction of sp³-hybridized carbons (Fsp3) is 0.143. The number of furan rings is 1. The van der Waals surface area contributed by atoms with Crippen molar-refractivity contribution < 1.29 is 8.81 Å². The first-order valence-electron chi connectivity index (χ1n) is 8.71. The summed E-state index contributed by atoms with van der Waals surface area (Å²) in [7, 11) is 0. The molecule has 0 fully saturated rings. The summed E-state index contributed by atoms with van der Waals surface area (Å²) in [5.74, 6) is 1.54. The molecular formula is C21H17ClFN3OS. The van der Waals surface area contributed by atoms with E-state index in [9.17, 15) is 4.39 Å². The maximum atomic E-state index is 14.1. The van der Waals surface area contributed by atoms with E-state index < -0.39 is 0 Å². The third-order valence-electron chi connectivity index (χ3n) is 4.41. The van der Waals surface area contributed by atoms with Crippen molar-refractivity contribution in [3.05, 3.63) is 88.6 Å². The largest absolute Gasteiger partial charge is 0.469 e. The molecule has 0 unspecified atom stereocenters. The van der Waals surface area contributed by atoms with Gasteiger partial charge in [-0.3, -0.25) is 4.57 Å². The molecule has 28 heavy (non-hydrogen) atoms. The smallest absolute Gasteiger partial charge is 0.192 e. The fourth-order valence-corrected chi connectivity index (χ4v) is 4.21. The Morgan fingerprint density at radius 2 is 1.89 bits per heavy atom. The first-order valence-corrected chi connectivity index (χ1v) is 10.1. The summed E-state index contributed by atoms with van der Waals surface area (Å²) in [5, 5.41) is 9.83. The van der Waals surface area contributed by atoms with Gasteiger partial charge in [0.05, 0.1) is 18.4 Å². The van der Waals surface area contributed by atoms with Crippen LogP contribution in [0.5, 0.6) is 0 Å². The van der Waals surface area contributed by atoms with Gasteiger partial charge in [0, 0.05) is 16.3 Å². The van der Waals surface area contributed by atoms with Crippen LogP contribution in [-0.4, -0.2) is 14.8 Å². The SMILES string of the molecule is Cc1occc1-c1nnc(SCc2c(F)cccc2Cl)n1Cc1ccccc1. The molecule has 0 saturated heterocycles. The average molecular weight is 414 g/mol. The van der Waals surface area contributed by atoms with Gasteiger partial charge in [0.1, 0.15) is 11.6 Å². The maximum Gasteiger partial charge on any atom is 0.192 e. The minimum atomic E-state index is -0.319. The molecule has 142 valence electrons. The molecule has 0 amide bonds. The van der Waals surface area contributed by atoms with Crippen LogP contribution in [0, 0.1) is 12.7 Å². The highest BCUT2D eigenvalue weighted by atomic mass is 35.5. The summed E-state index contributed by atoms with van der Waals surface area (Å²) in [6, 6.07) is 16.6. The van der Waals surface area contributed by atoms with Crippen molar-refractivity contribution in [2.75, 3.05) is 0 Å². The Morgan fingerprint density at radius 3 is 2.61 bits per heavy atom. The van der Waals surface area contributed by atoms with Crippen LogP contribution in [0.15, 0.2) is 70.4 Å². The monoisotopic (exact) mass is 413 g/mol. The molecule has 0 aliphatic rings. The summed E-state index contributed by atoms with van der Waals surface area (Å²) in [6.45, 7) is 2.49. The molecule has 0 atom stereocenters. The summed E-state index contributed by atoms with van der Waals surface area (Å²) < 4.78 is 21.6. The highest BCUT2D eigenvalue weighted by Crippen LogP contribution is 2.31. The Labute approximate surface area is 171 Å². The van der Waals surface area contributed by atoms with Crippen molar-refractivity contribution in [1.29, 1.82) is 0 Å². The van der Waals surface area contributed by atoms with Crippen LogP contribution in [0.4, 0.5) is 4.39 Å².